The Morgan fingerprint density at radius 1 is 1.18 bits per heavy atom. The molecule has 0 spiro atoms. The van der Waals surface area contributed by atoms with Gasteiger partial charge in [-0.15, -0.1) is 0 Å². The number of carbonyl (C=O) groups is 1. The van der Waals surface area contributed by atoms with Crippen LogP contribution in [0.15, 0.2) is 51.6 Å². The first-order valence-electron chi connectivity index (χ1n) is 9.27. The average molecular weight is 442 g/mol. The third kappa shape index (κ3) is 4.39. The van der Waals surface area contributed by atoms with E-state index in [-0.39, 0.29) is 5.89 Å². The van der Waals surface area contributed by atoms with Gasteiger partial charge in [-0.2, -0.15) is 4.98 Å². The quantitative estimate of drug-likeness (QED) is 0.647. The molecule has 1 N–H and O–H groups in total. The van der Waals surface area contributed by atoms with Gasteiger partial charge in [0.15, 0.2) is 0 Å². The number of carbonyl (C=O) groups excluding carboxylic acids is 1. The molecule has 4 rings (SSSR count). The van der Waals surface area contributed by atoms with Crippen LogP contribution in [0.3, 0.4) is 0 Å². The number of nitrogens with one attached hydrogen (secondary N) is 1. The van der Waals surface area contributed by atoms with Crippen LogP contribution in [-0.4, -0.2) is 34.1 Å². The van der Waals surface area contributed by atoms with Gasteiger partial charge < -0.3 is 14.7 Å². The molecule has 1 aliphatic rings. The zero-order valence-electron chi connectivity index (χ0n) is 15.3. The van der Waals surface area contributed by atoms with Crippen molar-refractivity contribution in [3.05, 3.63) is 58.5 Å². The number of anilines is 1. The van der Waals surface area contributed by atoms with Crippen molar-refractivity contribution in [2.45, 2.75) is 25.8 Å². The minimum atomic E-state index is -0.399. The number of hydrogen-bond acceptors (Lipinski definition) is 6. The molecule has 0 aliphatic carbocycles. The van der Waals surface area contributed by atoms with Crippen molar-refractivity contribution in [3.8, 4) is 11.4 Å². The number of halogens is 1. The van der Waals surface area contributed by atoms with Crippen molar-refractivity contribution < 1.29 is 9.32 Å². The number of amides is 1. The fraction of sp³-hybridized carbons (Fsp3) is 0.300. The molecule has 0 unspecified atom stereocenters. The van der Waals surface area contributed by atoms with E-state index in [1.807, 2.05) is 36.4 Å². The first kappa shape index (κ1) is 18.6. The van der Waals surface area contributed by atoms with Crippen LogP contribution in [0.4, 0.5) is 5.82 Å². The Hall–Kier alpha value is -2.74. The SMILES string of the molecule is O=C(NCc1cccc(Br)c1)c1nc(-c2ccnc(N3CCCCC3)c2)no1. The summed E-state index contributed by atoms with van der Waals surface area (Å²) in [4.78, 5) is 23.3. The summed E-state index contributed by atoms with van der Waals surface area (Å²) >= 11 is 3.42. The molecular formula is C20H20BrN5O2. The third-order valence-electron chi connectivity index (χ3n) is 4.65. The van der Waals surface area contributed by atoms with Gasteiger partial charge in [-0.25, -0.2) is 4.98 Å². The molecular weight excluding hydrogens is 422 g/mol. The second-order valence-electron chi connectivity index (χ2n) is 6.69. The lowest BCUT2D eigenvalue weighted by atomic mass is 10.1. The van der Waals surface area contributed by atoms with E-state index in [2.05, 4.69) is 41.3 Å². The van der Waals surface area contributed by atoms with Crippen LogP contribution in [0, 0.1) is 0 Å². The molecule has 28 heavy (non-hydrogen) atoms. The van der Waals surface area contributed by atoms with Crippen LogP contribution >= 0.6 is 15.9 Å². The van der Waals surface area contributed by atoms with Gasteiger partial charge in [0.05, 0.1) is 0 Å². The summed E-state index contributed by atoms with van der Waals surface area (Å²) in [7, 11) is 0. The van der Waals surface area contributed by atoms with E-state index >= 15 is 0 Å². The lowest BCUT2D eigenvalue weighted by Crippen LogP contribution is -2.30. The molecule has 0 saturated carbocycles. The number of hydrogen-bond donors (Lipinski definition) is 1. The van der Waals surface area contributed by atoms with Gasteiger partial charge in [0, 0.05) is 35.9 Å². The zero-order chi connectivity index (χ0) is 19.3. The maximum absolute atomic E-state index is 12.3. The van der Waals surface area contributed by atoms with E-state index in [0.29, 0.717) is 12.4 Å². The summed E-state index contributed by atoms with van der Waals surface area (Å²) < 4.78 is 6.12. The van der Waals surface area contributed by atoms with Gasteiger partial charge in [0.2, 0.25) is 5.82 Å². The zero-order valence-corrected chi connectivity index (χ0v) is 16.9. The largest absolute Gasteiger partial charge is 0.357 e. The highest BCUT2D eigenvalue weighted by Crippen LogP contribution is 2.23. The van der Waals surface area contributed by atoms with E-state index in [0.717, 1.165) is 34.5 Å². The normalized spacial score (nSPS) is 14.1. The monoisotopic (exact) mass is 441 g/mol. The molecule has 1 aromatic carbocycles. The molecule has 7 nitrogen and oxygen atoms in total. The van der Waals surface area contributed by atoms with E-state index < -0.39 is 5.91 Å². The van der Waals surface area contributed by atoms with Crippen LogP contribution in [-0.2, 0) is 6.54 Å². The first-order chi connectivity index (χ1) is 13.7. The van der Waals surface area contributed by atoms with Crippen molar-refractivity contribution in [2.75, 3.05) is 18.0 Å². The predicted octanol–water partition coefficient (Wildman–Crippen LogP) is 3.81. The molecule has 144 valence electrons. The highest BCUT2D eigenvalue weighted by atomic mass is 79.9. The Balaban J connectivity index is 1.44. The van der Waals surface area contributed by atoms with E-state index in [4.69, 9.17) is 4.52 Å². The molecule has 0 bridgehead atoms. The summed E-state index contributed by atoms with van der Waals surface area (Å²) in [6, 6.07) is 11.5. The van der Waals surface area contributed by atoms with Gasteiger partial charge in [-0.3, -0.25) is 4.79 Å². The van der Waals surface area contributed by atoms with Gasteiger partial charge in [0.25, 0.3) is 0 Å². The number of nitrogens with zero attached hydrogens (tertiary/aromatic N) is 4. The van der Waals surface area contributed by atoms with E-state index in [1.165, 1.54) is 19.3 Å². The Morgan fingerprint density at radius 2 is 2.04 bits per heavy atom. The predicted molar refractivity (Wildman–Crippen MR) is 109 cm³/mol. The smallest absolute Gasteiger partial charge is 0.316 e. The molecule has 1 amide bonds. The Bertz CT molecular complexity index is 968. The minimum Gasteiger partial charge on any atom is -0.357 e. The van der Waals surface area contributed by atoms with Gasteiger partial charge in [-0.05, 0) is 49.1 Å². The molecule has 3 heterocycles. The van der Waals surface area contributed by atoms with Crippen LogP contribution in [0.2, 0.25) is 0 Å². The lowest BCUT2D eigenvalue weighted by Gasteiger charge is -2.27. The van der Waals surface area contributed by atoms with Gasteiger partial charge in [-0.1, -0.05) is 33.2 Å². The summed E-state index contributed by atoms with van der Waals surface area (Å²) in [6.45, 7) is 2.39. The summed E-state index contributed by atoms with van der Waals surface area (Å²) in [5.41, 5.74) is 1.76. The number of rotatable bonds is 5. The lowest BCUT2D eigenvalue weighted by molar-refractivity contribution is 0.0907. The highest BCUT2D eigenvalue weighted by Gasteiger charge is 2.18. The second-order valence-corrected chi connectivity index (χ2v) is 7.60. The van der Waals surface area contributed by atoms with Gasteiger partial charge >= 0.3 is 11.8 Å². The Morgan fingerprint density at radius 3 is 2.86 bits per heavy atom. The van der Waals surface area contributed by atoms with E-state index in [9.17, 15) is 4.79 Å². The molecule has 8 heteroatoms. The fourth-order valence-electron chi connectivity index (χ4n) is 3.19. The maximum Gasteiger partial charge on any atom is 0.316 e. The Labute approximate surface area is 171 Å². The molecule has 1 aliphatic heterocycles. The van der Waals surface area contributed by atoms with Crippen LogP contribution in [0.25, 0.3) is 11.4 Å². The molecule has 1 fully saturated rings. The van der Waals surface area contributed by atoms with Crippen molar-refractivity contribution in [3.63, 3.8) is 0 Å². The van der Waals surface area contributed by atoms with E-state index in [1.54, 1.807) is 6.20 Å². The maximum atomic E-state index is 12.3. The summed E-state index contributed by atoms with van der Waals surface area (Å²) in [6.07, 6.45) is 5.36. The summed E-state index contributed by atoms with van der Waals surface area (Å²) in [5.74, 6) is 0.835. The van der Waals surface area contributed by atoms with Crippen molar-refractivity contribution in [1.82, 2.24) is 20.4 Å². The van der Waals surface area contributed by atoms with Crippen molar-refractivity contribution in [2.24, 2.45) is 0 Å². The molecule has 1 saturated heterocycles. The average Bonchev–Trinajstić information content (AvgIpc) is 3.23. The fourth-order valence-corrected chi connectivity index (χ4v) is 3.64. The van der Waals surface area contributed by atoms with Crippen LogP contribution in [0.5, 0.6) is 0 Å². The van der Waals surface area contributed by atoms with Crippen molar-refractivity contribution >= 4 is 27.7 Å². The number of pyridine rings is 1. The Kier molecular flexibility index (Phi) is 5.66. The number of aromatic nitrogens is 3. The number of benzene rings is 1. The third-order valence-corrected chi connectivity index (χ3v) is 5.14. The first-order valence-corrected chi connectivity index (χ1v) is 10.1. The van der Waals surface area contributed by atoms with Crippen LogP contribution < -0.4 is 10.2 Å². The minimum absolute atomic E-state index is 0.0543. The second kappa shape index (κ2) is 8.52. The van der Waals surface area contributed by atoms with Crippen molar-refractivity contribution in [1.29, 1.82) is 0 Å². The molecule has 2 aromatic heterocycles. The van der Waals surface area contributed by atoms with Gasteiger partial charge in [0.1, 0.15) is 5.82 Å². The molecule has 3 aromatic rings. The highest BCUT2D eigenvalue weighted by molar-refractivity contribution is 9.10. The number of piperidine rings is 1. The molecule has 0 atom stereocenters. The summed E-state index contributed by atoms with van der Waals surface area (Å²) in [5, 5.41) is 6.76. The van der Waals surface area contributed by atoms with Crippen LogP contribution in [0.1, 0.15) is 35.5 Å². The molecule has 0 radical (unpaired) electrons. The standard InChI is InChI=1S/C20H20BrN5O2/c21-16-6-4-5-14(11-16)13-23-19(27)20-24-18(25-28-20)15-7-8-22-17(12-15)26-9-2-1-3-10-26/h4-8,11-12H,1-3,9-10,13H2,(H,23,27). The topological polar surface area (TPSA) is 84.2 Å².